The van der Waals surface area contributed by atoms with Gasteiger partial charge in [0.15, 0.2) is 0 Å². The summed E-state index contributed by atoms with van der Waals surface area (Å²) in [5.74, 6) is 1.46. The minimum absolute atomic E-state index is 0.0140. The molecule has 0 aliphatic carbocycles. The van der Waals surface area contributed by atoms with Crippen LogP contribution in [-0.2, 0) is 13.0 Å². The first-order valence-corrected chi connectivity index (χ1v) is 11.8. The van der Waals surface area contributed by atoms with Gasteiger partial charge in [-0.3, -0.25) is 14.2 Å². The van der Waals surface area contributed by atoms with Crippen LogP contribution in [0.25, 0.3) is 10.2 Å². The van der Waals surface area contributed by atoms with Gasteiger partial charge in [-0.2, -0.15) is 0 Å². The van der Waals surface area contributed by atoms with Crippen LogP contribution >= 0.6 is 11.3 Å². The average molecular weight is 455 g/mol. The fraction of sp³-hybridized carbons (Fsp3) is 0.458. The number of likely N-dealkylation sites (N-methyl/N-ethyl adjacent to an activating group) is 1. The first-order chi connectivity index (χ1) is 15.4. The minimum Gasteiger partial charge on any atom is -0.496 e. The number of amides is 1. The van der Waals surface area contributed by atoms with Gasteiger partial charge >= 0.3 is 0 Å². The Morgan fingerprint density at radius 3 is 2.81 bits per heavy atom. The predicted molar refractivity (Wildman–Crippen MR) is 128 cm³/mol. The summed E-state index contributed by atoms with van der Waals surface area (Å²) >= 11 is 1.31. The van der Waals surface area contributed by atoms with E-state index in [1.165, 1.54) is 11.3 Å². The van der Waals surface area contributed by atoms with Gasteiger partial charge in [0.1, 0.15) is 16.4 Å². The van der Waals surface area contributed by atoms with E-state index >= 15 is 0 Å². The highest BCUT2D eigenvalue weighted by molar-refractivity contribution is 7.20. The lowest BCUT2D eigenvalue weighted by Gasteiger charge is -2.26. The van der Waals surface area contributed by atoms with Crippen LogP contribution in [0.5, 0.6) is 5.75 Å². The lowest BCUT2D eigenvalue weighted by molar-refractivity contribution is 0.0945. The number of carbonyl (C=O) groups is 1. The van der Waals surface area contributed by atoms with Crippen LogP contribution in [0, 0.1) is 6.92 Å². The maximum absolute atomic E-state index is 13.2. The van der Waals surface area contributed by atoms with Crippen molar-refractivity contribution in [2.45, 2.75) is 45.2 Å². The number of aryl methyl sites for hydroxylation is 2. The van der Waals surface area contributed by atoms with E-state index in [0.29, 0.717) is 28.2 Å². The highest BCUT2D eigenvalue weighted by Gasteiger charge is 2.24. The maximum Gasteiger partial charge on any atom is 0.262 e. The summed E-state index contributed by atoms with van der Waals surface area (Å²) in [5.41, 5.74) is 1.72. The van der Waals surface area contributed by atoms with E-state index in [0.717, 1.165) is 48.4 Å². The predicted octanol–water partition coefficient (Wildman–Crippen LogP) is 3.53. The maximum atomic E-state index is 13.2. The molecule has 3 aromatic rings. The molecule has 1 aromatic carbocycles. The Kier molecular flexibility index (Phi) is 6.62. The van der Waals surface area contributed by atoms with Crippen LogP contribution in [0.3, 0.4) is 0 Å². The van der Waals surface area contributed by atoms with E-state index in [-0.39, 0.29) is 17.5 Å². The Hall–Kier alpha value is -2.71. The van der Waals surface area contributed by atoms with Gasteiger partial charge in [-0.05, 0) is 45.5 Å². The van der Waals surface area contributed by atoms with E-state index in [2.05, 4.69) is 10.2 Å². The van der Waals surface area contributed by atoms with Crippen molar-refractivity contribution in [2.24, 2.45) is 0 Å². The lowest BCUT2D eigenvalue weighted by Crippen LogP contribution is -2.34. The number of fused-ring (bicyclic) bond motifs is 2. The number of benzene rings is 1. The number of nitrogens with one attached hydrogen (secondary N) is 1. The van der Waals surface area contributed by atoms with E-state index in [4.69, 9.17) is 9.72 Å². The molecule has 0 saturated carbocycles. The first-order valence-electron chi connectivity index (χ1n) is 11.0. The molecule has 0 fully saturated rings. The number of nitrogens with zero attached hydrogens (tertiary/aromatic N) is 3. The van der Waals surface area contributed by atoms with Crippen molar-refractivity contribution >= 4 is 27.5 Å². The number of para-hydroxylation sites is 1. The molecule has 1 aliphatic rings. The average Bonchev–Trinajstić information content (AvgIpc) is 2.95. The van der Waals surface area contributed by atoms with E-state index in [1.54, 1.807) is 11.7 Å². The number of ether oxygens (including phenoxy) is 1. The Bertz CT molecular complexity index is 1200. The quantitative estimate of drug-likeness (QED) is 0.617. The van der Waals surface area contributed by atoms with Gasteiger partial charge in [0.05, 0.1) is 23.4 Å². The molecule has 0 saturated heterocycles. The summed E-state index contributed by atoms with van der Waals surface area (Å²) in [6.07, 6.45) is 3.96. The van der Waals surface area contributed by atoms with Crippen molar-refractivity contribution in [1.29, 1.82) is 0 Å². The van der Waals surface area contributed by atoms with Gasteiger partial charge in [-0.15, -0.1) is 11.3 Å². The molecule has 0 radical (unpaired) electrons. The van der Waals surface area contributed by atoms with Crippen molar-refractivity contribution in [1.82, 2.24) is 19.8 Å². The number of thiophene rings is 1. The molecular weight excluding hydrogens is 424 g/mol. The van der Waals surface area contributed by atoms with Crippen LogP contribution in [0.15, 0.2) is 29.1 Å². The third-order valence-electron chi connectivity index (χ3n) is 6.19. The Balaban J connectivity index is 1.62. The number of rotatable bonds is 6. The highest BCUT2D eigenvalue weighted by Crippen LogP contribution is 2.30. The third kappa shape index (κ3) is 4.17. The third-order valence-corrected chi connectivity index (χ3v) is 7.38. The molecular formula is C24H30N4O3S. The van der Waals surface area contributed by atoms with Gasteiger partial charge in [0, 0.05) is 25.1 Å². The molecule has 1 amide bonds. The van der Waals surface area contributed by atoms with Crippen molar-refractivity contribution in [3.05, 3.63) is 56.4 Å². The Labute approximate surface area is 192 Å². The molecule has 8 heteroatoms. The Morgan fingerprint density at radius 2 is 2.06 bits per heavy atom. The Morgan fingerprint density at radius 1 is 1.28 bits per heavy atom. The van der Waals surface area contributed by atoms with Gasteiger partial charge in [0.25, 0.3) is 11.5 Å². The molecule has 0 bridgehead atoms. The topological polar surface area (TPSA) is 76.5 Å². The first kappa shape index (κ1) is 22.5. The molecule has 1 atom stereocenters. The van der Waals surface area contributed by atoms with Crippen molar-refractivity contribution in [3.8, 4) is 5.75 Å². The van der Waals surface area contributed by atoms with Crippen LogP contribution in [0.2, 0.25) is 0 Å². The van der Waals surface area contributed by atoms with Crippen molar-refractivity contribution in [3.63, 3.8) is 0 Å². The summed E-state index contributed by atoms with van der Waals surface area (Å²) in [6, 6.07) is 7.78. The molecule has 1 aliphatic heterocycles. The molecule has 32 heavy (non-hydrogen) atoms. The fourth-order valence-corrected chi connectivity index (χ4v) is 5.52. The number of aromatic nitrogens is 2. The molecule has 1 unspecified atom stereocenters. The second-order valence-corrected chi connectivity index (χ2v) is 9.46. The van der Waals surface area contributed by atoms with Crippen LogP contribution in [0.4, 0.5) is 0 Å². The van der Waals surface area contributed by atoms with Crippen molar-refractivity contribution < 1.29 is 9.53 Å². The zero-order valence-corrected chi connectivity index (χ0v) is 19.9. The minimum atomic E-state index is -0.174. The van der Waals surface area contributed by atoms with Gasteiger partial charge in [-0.25, -0.2) is 4.98 Å². The van der Waals surface area contributed by atoms with Gasteiger partial charge in [-0.1, -0.05) is 24.6 Å². The second kappa shape index (κ2) is 9.42. The van der Waals surface area contributed by atoms with Crippen molar-refractivity contribution in [2.75, 3.05) is 27.7 Å². The van der Waals surface area contributed by atoms with E-state index in [1.807, 2.05) is 45.3 Å². The normalized spacial score (nSPS) is 14.8. The molecule has 0 spiro atoms. The summed E-state index contributed by atoms with van der Waals surface area (Å²) < 4.78 is 7.32. The molecule has 4 rings (SSSR count). The number of hydrogen-bond donors (Lipinski definition) is 1. The zero-order chi connectivity index (χ0) is 22.8. The zero-order valence-electron chi connectivity index (χ0n) is 19.1. The van der Waals surface area contributed by atoms with E-state index in [9.17, 15) is 9.59 Å². The fourth-order valence-electron chi connectivity index (χ4n) is 4.41. The molecule has 2 aromatic heterocycles. The summed E-state index contributed by atoms with van der Waals surface area (Å²) in [5, 5.41) is 3.65. The van der Waals surface area contributed by atoms with Gasteiger partial charge < -0.3 is 15.0 Å². The van der Waals surface area contributed by atoms with E-state index < -0.39 is 0 Å². The van der Waals surface area contributed by atoms with Crippen LogP contribution in [0.1, 0.15) is 51.9 Å². The largest absolute Gasteiger partial charge is 0.496 e. The summed E-state index contributed by atoms with van der Waals surface area (Å²) in [6.45, 7) is 2.98. The SMILES string of the molecule is COc1ccccc1C(CNC(=O)c1sc2nc3n(c(=O)c2c1C)CCCCC3)N(C)C. The van der Waals surface area contributed by atoms with Crippen LogP contribution in [-0.4, -0.2) is 48.1 Å². The standard InChI is InChI=1S/C24H30N4O3S/c1-15-20-23(26-19-12-6-5-9-13-28(19)24(20)30)32-21(15)22(29)25-14-17(27(2)3)16-10-7-8-11-18(16)31-4/h7-8,10-11,17H,5-6,9,12-14H2,1-4H3,(H,25,29). The monoisotopic (exact) mass is 454 g/mol. The molecule has 3 heterocycles. The van der Waals surface area contributed by atoms with Gasteiger partial charge in [0.2, 0.25) is 0 Å². The molecule has 1 N–H and O–H groups in total. The lowest BCUT2D eigenvalue weighted by atomic mass is 10.0. The summed E-state index contributed by atoms with van der Waals surface area (Å²) in [4.78, 5) is 34.4. The summed E-state index contributed by atoms with van der Waals surface area (Å²) in [7, 11) is 5.61. The molecule has 7 nitrogen and oxygen atoms in total. The van der Waals surface area contributed by atoms with Crippen LogP contribution < -0.4 is 15.6 Å². The highest BCUT2D eigenvalue weighted by atomic mass is 32.1. The second-order valence-electron chi connectivity index (χ2n) is 8.46. The number of methoxy groups -OCH3 is 1. The smallest absolute Gasteiger partial charge is 0.262 e. The number of carbonyl (C=O) groups excluding carboxylic acids is 1. The molecule has 170 valence electrons. The number of hydrogen-bond acceptors (Lipinski definition) is 6.